The summed E-state index contributed by atoms with van der Waals surface area (Å²) in [7, 11) is 0. The molecule has 0 amide bonds. The minimum Gasteiger partial charge on any atom is -0.257 e. The zero-order valence-electron chi connectivity index (χ0n) is 11.0. The molecule has 2 aliphatic rings. The van der Waals surface area contributed by atoms with E-state index in [1.165, 1.54) is 49.1 Å². The van der Waals surface area contributed by atoms with Crippen molar-refractivity contribution in [1.29, 1.82) is 0 Å². The van der Waals surface area contributed by atoms with Crippen LogP contribution in [0.4, 0.5) is 5.69 Å². The molecule has 0 aromatic heterocycles. The van der Waals surface area contributed by atoms with Gasteiger partial charge in [-0.1, -0.05) is 43.5 Å². The highest BCUT2D eigenvalue weighted by molar-refractivity contribution is 6.02. The van der Waals surface area contributed by atoms with Crippen molar-refractivity contribution >= 4 is 11.4 Å². The van der Waals surface area contributed by atoms with Crippen molar-refractivity contribution in [2.45, 2.75) is 50.4 Å². The SMILES string of the molecule is C=CCCC1=Nc2ccccc2C12CCCCC2. The molecule has 1 aromatic rings. The van der Waals surface area contributed by atoms with Gasteiger partial charge in [-0.25, -0.2) is 0 Å². The number of rotatable bonds is 3. The van der Waals surface area contributed by atoms with E-state index in [0.717, 1.165) is 12.8 Å². The van der Waals surface area contributed by atoms with Gasteiger partial charge in [-0.3, -0.25) is 4.99 Å². The molecule has 0 bridgehead atoms. The maximum Gasteiger partial charge on any atom is 0.0670 e. The molecular formula is C17H21N. The molecule has 1 heterocycles. The first-order chi connectivity index (χ1) is 8.87. The average Bonchev–Trinajstić information content (AvgIpc) is 2.72. The molecule has 3 rings (SSSR count). The Morgan fingerprint density at radius 1 is 1.17 bits per heavy atom. The van der Waals surface area contributed by atoms with Crippen molar-refractivity contribution in [2.75, 3.05) is 0 Å². The zero-order chi connectivity index (χ0) is 12.4. The molecule has 1 saturated carbocycles. The normalized spacial score (nSPS) is 20.6. The quantitative estimate of drug-likeness (QED) is 0.662. The van der Waals surface area contributed by atoms with Crippen LogP contribution in [0.3, 0.4) is 0 Å². The van der Waals surface area contributed by atoms with Gasteiger partial charge in [0.1, 0.15) is 0 Å². The molecule has 1 fully saturated rings. The number of aliphatic imine (C=N–C) groups is 1. The molecule has 1 nitrogen and oxygen atoms in total. The van der Waals surface area contributed by atoms with Crippen molar-refractivity contribution in [3.05, 3.63) is 42.5 Å². The number of para-hydroxylation sites is 1. The number of benzene rings is 1. The van der Waals surface area contributed by atoms with Crippen LogP contribution in [0.25, 0.3) is 0 Å². The van der Waals surface area contributed by atoms with Gasteiger partial charge in [-0.15, -0.1) is 6.58 Å². The lowest BCUT2D eigenvalue weighted by Crippen LogP contribution is -2.35. The highest BCUT2D eigenvalue weighted by atomic mass is 14.8. The van der Waals surface area contributed by atoms with Gasteiger partial charge in [-0.2, -0.15) is 0 Å². The van der Waals surface area contributed by atoms with Crippen LogP contribution in [0.5, 0.6) is 0 Å². The second-order valence-electron chi connectivity index (χ2n) is 5.55. The van der Waals surface area contributed by atoms with Crippen LogP contribution in [0.15, 0.2) is 41.9 Å². The molecule has 0 saturated heterocycles. The van der Waals surface area contributed by atoms with Crippen molar-refractivity contribution in [3.8, 4) is 0 Å². The maximum atomic E-state index is 4.93. The second-order valence-corrected chi connectivity index (χ2v) is 5.55. The van der Waals surface area contributed by atoms with Crippen molar-refractivity contribution in [3.63, 3.8) is 0 Å². The van der Waals surface area contributed by atoms with Gasteiger partial charge >= 0.3 is 0 Å². The monoisotopic (exact) mass is 239 g/mol. The number of hydrogen-bond donors (Lipinski definition) is 0. The summed E-state index contributed by atoms with van der Waals surface area (Å²) in [5.74, 6) is 0. The molecular weight excluding hydrogens is 218 g/mol. The summed E-state index contributed by atoms with van der Waals surface area (Å²) < 4.78 is 0. The first kappa shape index (κ1) is 11.7. The van der Waals surface area contributed by atoms with Crippen molar-refractivity contribution < 1.29 is 0 Å². The van der Waals surface area contributed by atoms with E-state index in [4.69, 9.17) is 4.99 Å². The fourth-order valence-corrected chi connectivity index (χ4v) is 3.63. The van der Waals surface area contributed by atoms with E-state index in [9.17, 15) is 0 Å². The fourth-order valence-electron chi connectivity index (χ4n) is 3.63. The Bertz CT molecular complexity index is 478. The van der Waals surface area contributed by atoms with Crippen molar-refractivity contribution in [1.82, 2.24) is 0 Å². The van der Waals surface area contributed by atoms with Gasteiger partial charge in [-0.05, 0) is 37.3 Å². The lowest BCUT2D eigenvalue weighted by atomic mass is 9.66. The van der Waals surface area contributed by atoms with Gasteiger partial charge in [0.05, 0.1) is 5.69 Å². The molecule has 0 atom stereocenters. The highest BCUT2D eigenvalue weighted by Crippen LogP contribution is 2.49. The van der Waals surface area contributed by atoms with Crippen LogP contribution in [0.2, 0.25) is 0 Å². The standard InChI is InChI=1S/C17H21N/c1-2-3-11-16-17(12-7-4-8-13-17)14-9-5-6-10-15(14)18-16/h2,5-6,9-10H,1,3-4,7-8,11-13H2. The lowest BCUT2D eigenvalue weighted by Gasteiger charge is -2.36. The number of fused-ring (bicyclic) bond motifs is 2. The Labute approximate surface area is 110 Å². The van der Waals surface area contributed by atoms with E-state index in [2.05, 4.69) is 30.8 Å². The minimum absolute atomic E-state index is 0.276. The Balaban J connectivity index is 2.01. The molecule has 1 heteroatoms. The molecule has 0 unspecified atom stereocenters. The molecule has 18 heavy (non-hydrogen) atoms. The molecule has 1 aliphatic carbocycles. The number of hydrogen-bond acceptors (Lipinski definition) is 1. The van der Waals surface area contributed by atoms with E-state index < -0.39 is 0 Å². The Hall–Kier alpha value is -1.37. The third-order valence-electron chi connectivity index (χ3n) is 4.52. The van der Waals surface area contributed by atoms with Crippen LogP contribution in [-0.4, -0.2) is 5.71 Å². The summed E-state index contributed by atoms with van der Waals surface area (Å²) >= 11 is 0. The molecule has 0 radical (unpaired) electrons. The first-order valence-corrected chi connectivity index (χ1v) is 7.15. The Morgan fingerprint density at radius 2 is 1.94 bits per heavy atom. The molecule has 94 valence electrons. The van der Waals surface area contributed by atoms with E-state index >= 15 is 0 Å². The molecule has 0 N–H and O–H groups in total. The first-order valence-electron chi connectivity index (χ1n) is 7.15. The minimum atomic E-state index is 0.276. The summed E-state index contributed by atoms with van der Waals surface area (Å²) in [5.41, 5.74) is 4.41. The summed E-state index contributed by atoms with van der Waals surface area (Å²) in [6, 6.07) is 8.74. The summed E-state index contributed by atoms with van der Waals surface area (Å²) in [6.45, 7) is 3.85. The van der Waals surface area contributed by atoms with E-state index in [-0.39, 0.29) is 5.41 Å². The Kier molecular flexibility index (Phi) is 3.07. The predicted octanol–water partition coefficient (Wildman–Crippen LogP) is 4.94. The van der Waals surface area contributed by atoms with Crippen molar-refractivity contribution in [2.24, 2.45) is 4.99 Å². The smallest absolute Gasteiger partial charge is 0.0670 e. The summed E-state index contributed by atoms with van der Waals surface area (Å²) in [6.07, 6.45) is 10.8. The van der Waals surface area contributed by atoms with Crippen LogP contribution in [0.1, 0.15) is 50.5 Å². The van der Waals surface area contributed by atoms with Crippen LogP contribution >= 0.6 is 0 Å². The van der Waals surface area contributed by atoms with Crippen LogP contribution in [-0.2, 0) is 5.41 Å². The summed E-state index contributed by atoms with van der Waals surface area (Å²) in [5, 5.41) is 0. The Morgan fingerprint density at radius 3 is 2.72 bits per heavy atom. The van der Waals surface area contributed by atoms with Crippen LogP contribution < -0.4 is 0 Å². The van der Waals surface area contributed by atoms with Gasteiger partial charge in [0.2, 0.25) is 0 Å². The maximum absolute atomic E-state index is 4.93. The van der Waals surface area contributed by atoms with Gasteiger partial charge in [0.15, 0.2) is 0 Å². The molecule has 1 spiro atoms. The van der Waals surface area contributed by atoms with Gasteiger partial charge < -0.3 is 0 Å². The second kappa shape index (κ2) is 4.72. The van der Waals surface area contributed by atoms with E-state index in [1.54, 1.807) is 0 Å². The predicted molar refractivity (Wildman–Crippen MR) is 77.7 cm³/mol. The topological polar surface area (TPSA) is 12.4 Å². The average molecular weight is 239 g/mol. The van der Waals surface area contributed by atoms with Gasteiger partial charge in [0.25, 0.3) is 0 Å². The lowest BCUT2D eigenvalue weighted by molar-refractivity contribution is 0.382. The van der Waals surface area contributed by atoms with E-state index in [0.29, 0.717) is 0 Å². The third kappa shape index (κ3) is 1.73. The van der Waals surface area contributed by atoms with E-state index in [1.807, 2.05) is 6.08 Å². The number of nitrogens with zero attached hydrogens (tertiary/aromatic N) is 1. The fraction of sp³-hybridized carbons (Fsp3) is 0.471. The summed E-state index contributed by atoms with van der Waals surface area (Å²) in [4.78, 5) is 4.93. The van der Waals surface area contributed by atoms with Crippen LogP contribution in [0, 0.1) is 0 Å². The molecule has 1 aliphatic heterocycles. The third-order valence-corrected chi connectivity index (χ3v) is 4.52. The van der Waals surface area contributed by atoms with Gasteiger partial charge in [0, 0.05) is 11.1 Å². The highest BCUT2D eigenvalue weighted by Gasteiger charge is 2.42. The largest absolute Gasteiger partial charge is 0.257 e. The number of allylic oxidation sites excluding steroid dienone is 1. The molecule has 1 aromatic carbocycles. The zero-order valence-corrected chi connectivity index (χ0v) is 11.0.